The second-order valence-corrected chi connectivity index (χ2v) is 7.86. The molecule has 0 unspecified atom stereocenters. The molecule has 0 aliphatic carbocycles. The van der Waals surface area contributed by atoms with Crippen molar-refractivity contribution in [3.63, 3.8) is 0 Å². The number of fused-ring (bicyclic) bond motifs is 1. The Hall–Kier alpha value is -3.12. The molecule has 0 aliphatic rings. The molecule has 0 bridgehead atoms. The fraction of sp³-hybridized carbons (Fsp3) is 0.182. The summed E-state index contributed by atoms with van der Waals surface area (Å²) in [5.41, 5.74) is 1.78. The lowest BCUT2D eigenvalue weighted by Gasteiger charge is -2.13. The quantitative estimate of drug-likeness (QED) is 0.529. The van der Waals surface area contributed by atoms with Crippen LogP contribution in [0.3, 0.4) is 0 Å². The standard InChI is InChI=1S/C22H20N2O3S/c1-14-15(2)28-21-19(14)20(25)24(17-10-7-11-18(12-17)27-3)22(26)23(21)13-16-8-5-4-6-9-16/h4-12H,13H2,1-3H3. The Morgan fingerprint density at radius 3 is 2.46 bits per heavy atom. The molecule has 28 heavy (non-hydrogen) atoms. The molecule has 2 aromatic heterocycles. The Kier molecular flexibility index (Phi) is 4.65. The first-order chi connectivity index (χ1) is 13.5. The molecule has 0 atom stereocenters. The number of ether oxygens (including phenoxy) is 1. The summed E-state index contributed by atoms with van der Waals surface area (Å²) in [6.45, 7) is 4.31. The first-order valence-electron chi connectivity index (χ1n) is 8.95. The Morgan fingerprint density at radius 1 is 1.00 bits per heavy atom. The van der Waals surface area contributed by atoms with E-state index in [9.17, 15) is 9.59 Å². The van der Waals surface area contributed by atoms with E-state index in [-0.39, 0.29) is 11.2 Å². The van der Waals surface area contributed by atoms with Gasteiger partial charge in [0.25, 0.3) is 5.56 Å². The van der Waals surface area contributed by atoms with Crippen molar-refractivity contribution in [2.75, 3.05) is 7.11 Å². The van der Waals surface area contributed by atoms with Gasteiger partial charge in [0.2, 0.25) is 0 Å². The van der Waals surface area contributed by atoms with Gasteiger partial charge in [-0.3, -0.25) is 9.36 Å². The van der Waals surface area contributed by atoms with Crippen LogP contribution < -0.4 is 16.0 Å². The summed E-state index contributed by atoms with van der Waals surface area (Å²) in [5, 5.41) is 0.598. The summed E-state index contributed by atoms with van der Waals surface area (Å²) in [6, 6.07) is 16.8. The predicted molar refractivity (Wildman–Crippen MR) is 113 cm³/mol. The fourth-order valence-corrected chi connectivity index (χ4v) is 4.48. The van der Waals surface area contributed by atoms with Gasteiger partial charge >= 0.3 is 5.69 Å². The van der Waals surface area contributed by atoms with Crippen LogP contribution in [0, 0.1) is 13.8 Å². The van der Waals surface area contributed by atoms with E-state index in [1.165, 1.54) is 15.9 Å². The summed E-state index contributed by atoms with van der Waals surface area (Å²) in [6.07, 6.45) is 0. The topological polar surface area (TPSA) is 53.2 Å². The van der Waals surface area contributed by atoms with Crippen molar-refractivity contribution in [1.29, 1.82) is 0 Å². The highest BCUT2D eigenvalue weighted by Gasteiger charge is 2.20. The van der Waals surface area contributed by atoms with Crippen LogP contribution in [0.15, 0.2) is 64.2 Å². The fourth-order valence-electron chi connectivity index (χ4n) is 3.34. The number of methoxy groups -OCH3 is 1. The molecule has 6 heteroatoms. The third-order valence-corrected chi connectivity index (χ3v) is 6.18. The third-order valence-electron chi connectivity index (χ3n) is 4.95. The maximum atomic E-state index is 13.4. The van der Waals surface area contributed by atoms with Gasteiger partial charge in [0.15, 0.2) is 0 Å². The van der Waals surface area contributed by atoms with Crippen LogP contribution in [0.5, 0.6) is 5.75 Å². The van der Waals surface area contributed by atoms with E-state index in [0.717, 1.165) is 16.0 Å². The predicted octanol–water partition coefficient (Wildman–Crippen LogP) is 3.89. The molecule has 4 rings (SSSR count). The van der Waals surface area contributed by atoms with Gasteiger partial charge in [0.05, 0.1) is 24.7 Å². The van der Waals surface area contributed by atoms with Gasteiger partial charge in [-0.25, -0.2) is 9.36 Å². The molecule has 142 valence electrons. The Balaban J connectivity index is 2.07. The molecule has 0 N–H and O–H groups in total. The number of thiophene rings is 1. The van der Waals surface area contributed by atoms with Crippen molar-refractivity contribution in [1.82, 2.24) is 9.13 Å². The van der Waals surface area contributed by atoms with Crippen LogP contribution in [0.4, 0.5) is 0 Å². The van der Waals surface area contributed by atoms with Gasteiger partial charge in [0.1, 0.15) is 10.6 Å². The summed E-state index contributed by atoms with van der Waals surface area (Å²) in [4.78, 5) is 28.5. The largest absolute Gasteiger partial charge is 0.497 e. The minimum atomic E-state index is -0.351. The molecule has 0 spiro atoms. The van der Waals surface area contributed by atoms with Crippen LogP contribution in [-0.4, -0.2) is 16.2 Å². The van der Waals surface area contributed by atoms with Crippen LogP contribution in [-0.2, 0) is 6.54 Å². The van der Waals surface area contributed by atoms with E-state index < -0.39 is 0 Å². The van der Waals surface area contributed by atoms with Gasteiger partial charge in [-0.15, -0.1) is 11.3 Å². The zero-order valence-corrected chi connectivity index (χ0v) is 16.7. The van der Waals surface area contributed by atoms with Gasteiger partial charge in [0, 0.05) is 10.9 Å². The maximum Gasteiger partial charge on any atom is 0.337 e. The summed E-state index contributed by atoms with van der Waals surface area (Å²) >= 11 is 1.49. The first kappa shape index (κ1) is 18.3. The van der Waals surface area contributed by atoms with Crippen molar-refractivity contribution < 1.29 is 4.74 Å². The maximum absolute atomic E-state index is 13.4. The molecule has 0 aliphatic heterocycles. The SMILES string of the molecule is COc1cccc(-n2c(=O)c3c(C)c(C)sc3n(Cc3ccccc3)c2=O)c1. The number of hydrogen-bond acceptors (Lipinski definition) is 4. The van der Waals surface area contributed by atoms with E-state index in [2.05, 4.69) is 0 Å². The minimum absolute atomic E-state index is 0.292. The van der Waals surface area contributed by atoms with Crippen LogP contribution >= 0.6 is 11.3 Å². The molecule has 0 amide bonds. The summed E-state index contributed by atoms with van der Waals surface area (Å²) in [5.74, 6) is 0.594. The van der Waals surface area contributed by atoms with Crippen molar-refractivity contribution in [2.24, 2.45) is 0 Å². The highest BCUT2D eigenvalue weighted by molar-refractivity contribution is 7.18. The van der Waals surface area contributed by atoms with Gasteiger partial charge < -0.3 is 4.74 Å². The zero-order chi connectivity index (χ0) is 19.8. The highest BCUT2D eigenvalue weighted by Crippen LogP contribution is 2.27. The lowest BCUT2D eigenvalue weighted by Crippen LogP contribution is -2.38. The second-order valence-electron chi connectivity index (χ2n) is 6.66. The smallest absolute Gasteiger partial charge is 0.337 e. The lowest BCUT2D eigenvalue weighted by molar-refractivity contribution is 0.414. The van der Waals surface area contributed by atoms with E-state index in [1.54, 1.807) is 35.9 Å². The number of aromatic nitrogens is 2. The number of hydrogen-bond donors (Lipinski definition) is 0. The highest BCUT2D eigenvalue weighted by atomic mass is 32.1. The number of rotatable bonds is 4. The lowest BCUT2D eigenvalue weighted by atomic mass is 10.2. The zero-order valence-electron chi connectivity index (χ0n) is 15.9. The van der Waals surface area contributed by atoms with E-state index in [4.69, 9.17) is 4.74 Å². The van der Waals surface area contributed by atoms with Crippen LogP contribution in [0.25, 0.3) is 15.9 Å². The summed E-state index contributed by atoms with van der Waals surface area (Å²) < 4.78 is 8.21. The van der Waals surface area contributed by atoms with Gasteiger partial charge in [-0.2, -0.15) is 0 Å². The van der Waals surface area contributed by atoms with Crippen LogP contribution in [0.2, 0.25) is 0 Å². The minimum Gasteiger partial charge on any atom is -0.497 e. The van der Waals surface area contributed by atoms with Crippen molar-refractivity contribution >= 4 is 21.6 Å². The molecule has 0 saturated carbocycles. The molecular formula is C22H20N2O3S. The monoisotopic (exact) mass is 392 g/mol. The number of aryl methyl sites for hydroxylation is 2. The number of nitrogens with zero attached hydrogens (tertiary/aromatic N) is 2. The second kappa shape index (κ2) is 7.13. The molecule has 2 aromatic carbocycles. The molecule has 5 nitrogen and oxygen atoms in total. The molecule has 0 fully saturated rings. The Morgan fingerprint density at radius 2 is 1.75 bits per heavy atom. The molecular weight excluding hydrogens is 372 g/mol. The number of benzene rings is 2. The van der Waals surface area contributed by atoms with E-state index >= 15 is 0 Å². The summed E-state index contributed by atoms with van der Waals surface area (Å²) in [7, 11) is 1.56. The van der Waals surface area contributed by atoms with Gasteiger partial charge in [-0.05, 0) is 37.1 Å². The molecule has 0 radical (unpaired) electrons. The average Bonchev–Trinajstić information content (AvgIpc) is 3.01. The van der Waals surface area contributed by atoms with E-state index in [1.807, 2.05) is 44.2 Å². The average molecular weight is 392 g/mol. The Bertz CT molecular complexity index is 1280. The van der Waals surface area contributed by atoms with Crippen LogP contribution in [0.1, 0.15) is 16.0 Å². The Labute approximate surface area is 166 Å². The van der Waals surface area contributed by atoms with Gasteiger partial charge in [-0.1, -0.05) is 36.4 Å². The third kappa shape index (κ3) is 2.96. The first-order valence-corrected chi connectivity index (χ1v) is 9.77. The molecule has 2 heterocycles. The molecule has 4 aromatic rings. The van der Waals surface area contributed by atoms with Crippen molar-refractivity contribution in [3.8, 4) is 11.4 Å². The van der Waals surface area contributed by atoms with E-state index in [0.29, 0.717) is 28.2 Å². The van der Waals surface area contributed by atoms with Crippen molar-refractivity contribution in [2.45, 2.75) is 20.4 Å². The van der Waals surface area contributed by atoms with Crippen molar-refractivity contribution in [3.05, 3.63) is 91.4 Å². The molecule has 0 saturated heterocycles. The normalized spacial score (nSPS) is 11.1.